The zero-order valence-corrected chi connectivity index (χ0v) is 10.0. The van der Waals surface area contributed by atoms with Gasteiger partial charge in [0.25, 0.3) is 0 Å². The highest BCUT2D eigenvalue weighted by molar-refractivity contribution is 6.32. The smallest absolute Gasteiger partial charge is 0.152 e. The van der Waals surface area contributed by atoms with Crippen molar-refractivity contribution in [1.82, 2.24) is 4.98 Å². The van der Waals surface area contributed by atoms with Crippen molar-refractivity contribution in [3.05, 3.63) is 35.5 Å². The molecule has 2 rings (SSSR count). The van der Waals surface area contributed by atoms with Gasteiger partial charge in [-0.05, 0) is 30.3 Å². The van der Waals surface area contributed by atoms with Gasteiger partial charge in [0, 0.05) is 5.56 Å². The van der Waals surface area contributed by atoms with Crippen molar-refractivity contribution < 1.29 is 4.74 Å². The lowest BCUT2D eigenvalue weighted by Crippen LogP contribution is -1.98. The standard InChI is InChI=1S/C12H12ClN3O/c1-17-8-4-2-7(3-5-8)11-9(14)6-10(15)12(13)16-11/h2-6H,14-15H2,1H3. The van der Waals surface area contributed by atoms with E-state index in [0.29, 0.717) is 17.1 Å². The maximum atomic E-state index is 5.88. The van der Waals surface area contributed by atoms with Gasteiger partial charge in [-0.2, -0.15) is 0 Å². The van der Waals surface area contributed by atoms with Gasteiger partial charge in [0.15, 0.2) is 5.15 Å². The molecule has 0 amide bonds. The van der Waals surface area contributed by atoms with Gasteiger partial charge in [-0.15, -0.1) is 0 Å². The predicted octanol–water partition coefficient (Wildman–Crippen LogP) is 2.58. The second-order valence-corrected chi connectivity index (χ2v) is 3.89. The molecule has 0 unspecified atom stereocenters. The second kappa shape index (κ2) is 4.51. The SMILES string of the molecule is COc1ccc(-c2nc(Cl)c(N)cc2N)cc1. The van der Waals surface area contributed by atoms with Crippen molar-refractivity contribution in [2.45, 2.75) is 0 Å². The molecule has 0 aliphatic heterocycles. The van der Waals surface area contributed by atoms with Crippen LogP contribution < -0.4 is 16.2 Å². The van der Waals surface area contributed by atoms with Gasteiger partial charge >= 0.3 is 0 Å². The fraction of sp³-hybridized carbons (Fsp3) is 0.0833. The van der Waals surface area contributed by atoms with Crippen molar-refractivity contribution in [1.29, 1.82) is 0 Å². The average Bonchev–Trinajstić information content (AvgIpc) is 2.34. The third-order valence-corrected chi connectivity index (χ3v) is 2.70. The van der Waals surface area contributed by atoms with Crippen LogP contribution in [0, 0.1) is 0 Å². The number of benzene rings is 1. The minimum atomic E-state index is 0.255. The van der Waals surface area contributed by atoms with E-state index in [1.54, 1.807) is 13.2 Å². The normalized spacial score (nSPS) is 10.2. The fourth-order valence-electron chi connectivity index (χ4n) is 1.50. The van der Waals surface area contributed by atoms with Crippen LogP contribution in [0.4, 0.5) is 11.4 Å². The molecule has 0 atom stereocenters. The Morgan fingerprint density at radius 3 is 2.35 bits per heavy atom. The van der Waals surface area contributed by atoms with Gasteiger partial charge in [-0.1, -0.05) is 11.6 Å². The summed E-state index contributed by atoms with van der Waals surface area (Å²) >= 11 is 5.88. The quantitative estimate of drug-likeness (QED) is 0.803. The lowest BCUT2D eigenvalue weighted by Gasteiger charge is -2.08. The Bertz CT molecular complexity index is 540. The lowest BCUT2D eigenvalue weighted by molar-refractivity contribution is 0.415. The summed E-state index contributed by atoms with van der Waals surface area (Å²) in [5.41, 5.74) is 13.8. The summed E-state index contributed by atoms with van der Waals surface area (Å²) in [6, 6.07) is 9.00. The molecule has 0 saturated heterocycles. The number of hydrogen-bond acceptors (Lipinski definition) is 4. The van der Waals surface area contributed by atoms with Crippen molar-refractivity contribution in [3.8, 4) is 17.0 Å². The molecule has 17 heavy (non-hydrogen) atoms. The number of ether oxygens (including phenoxy) is 1. The number of aromatic nitrogens is 1. The Kier molecular flexibility index (Phi) is 3.06. The monoisotopic (exact) mass is 249 g/mol. The summed E-state index contributed by atoms with van der Waals surface area (Å²) in [4.78, 5) is 4.17. The first kappa shape index (κ1) is 11.5. The van der Waals surface area contributed by atoms with Gasteiger partial charge in [0.1, 0.15) is 5.75 Å². The number of halogens is 1. The largest absolute Gasteiger partial charge is 0.497 e. The molecule has 4 N–H and O–H groups in total. The number of nitrogens with zero attached hydrogens (tertiary/aromatic N) is 1. The van der Waals surface area contributed by atoms with E-state index in [1.165, 1.54) is 0 Å². The molecule has 0 aliphatic carbocycles. The Morgan fingerprint density at radius 2 is 1.76 bits per heavy atom. The molecule has 0 spiro atoms. The van der Waals surface area contributed by atoms with E-state index in [4.69, 9.17) is 27.8 Å². The van der Waals surface area contributed by atoms with E-state index in [9.17, 15) is 0 Å². The van der Waals surface area contributed by atoms with Crippen LogP contribution in [0.5, 0.6) is 5.75 Å². The highest BCUT2D eigenvalue weighted by Gasteiger charge is 2.08. The van der Waals surface area contributed by atoms with Gasteiger partial charge < -0.3 is 16.2 Å². The average molecular weight is 250 g/mol. The number of anilines is 2. The van der Waals surface area contributed by atoms with Crippen molar-refractivity contribution in [2.24, 2.45) is 0 Å². The van der Waals surface area contributed by atoms with Crippen molar-refractivity contribution in [3.63, 3.8) is 0 Å². The Hall–Kier alpha value is -1.94. The van der Waals surface area contributed by atoms with Gasteiger partial charge in [0.2, 0.25) is 0 Å². The molecule has 2 aromatic rings. The van der Waals surface area contributed by atoms with Crippen molar-refractivity contribution in [2.75, 3.05) is 18.6 Å². The van der Waals surface area contributed by atoms with Crippen LogP contribution in [0.15, 0.2) is 30.3 Å². The molecule has 0 bridgehead atoms. The van der Waals surface area contributed by atoms with Crippen LogP contribution >= 0.6 is 11.6 Å². The number of methoxy groups -OCH3 is 1. The predicted molar refractivity (Wildman–Crippen MR) is 70.1 cm³/mol. The number of nitrogens with two attached hydrogens (primary N) is 2. The molecule has 1 heterocycles. The fourth-order valence-corrected chi connectivity index (χ4v) is 1.64. The van der Waals surface area contributed by atoms with Crippen LogP contribution in [0.25, 0.3) is 11.3 Å². The molecule has 0 aliphatic rings. The minimum Gasteiger partial charge on any atom is -0.497 e. The summed E-state index contributed by atoms with van der Waals surface area (Å²) in [5, 5.41) is 0.255. The summed E-state index contributed by atoms with van der Waals surface area (Å²) < 4.78 is 5.08. The topological polar surface area (TPSA) is 74.2 Å². The lowest BCUT2D eigenvalue weighted by atomic mass is 10.1. The first-order valence-corrected chi connectivity index (χ1v) is 5.35. The van der Waals surface area contributed by atoms with Crippen LogP contribution in [-0.2, 0) is 0 Å². The minimum absolute atomic E-state index is 0.255. The first-order valence-electron chi connectivity index (χ1n) is 4.97. The van der Waals surface area contributed by atoms with E-state index in [0.717, 1.165) is 11.3 Å². The summed E-state index contributed by atoms with van der Waals surface area (Å²) in [6.45, 7) is 0. The number of nitrogen functional groups attached to an aromatic ring is 2. The summed E-state index contributed by atoms with van der Waals surface area (Å²) in [7, 11) is 1.61. The Morgan fingerprint density at radius 1 is 1.12 bits per heavy atom. The Balaban J connectivity index is 2.48. The van der Waals surface area contributed by atoms with E-state index >= 15 is 0 Å². The Labute approximate surface area is 104 Å². The van der Waals surface area contributed by atoms with Crippen LogP contribution in [0.1, 0.15) is 0 Å². The summed E-state index contributed by atoms with van der Waals surface area (Å²) in [5.74, 6) is 0.772. The molecule has 4 nitrogen and oxygen atoms in total. The second-order valence-electron chi connectivity index (χ2n) is 3.53. The number of rotatable bonds is 2. The van der Waals surface area contributed by atoms with E-state index in [-0.39, 0.29) is 5.15 Å². The molecule has 0 saturated carbocycles. The molecule has 0 radical (unpaired) electrons. The third kappa shape index (κ3) is 2.26. The highest BCUT2D eigenvalue weighted by Crippen LogP contribution is 2.30. The molecule has 1 aromatic carbocycles. The van der Waals surface area contributed by atoms with Gasteiger partial charge in [-0.3, -0.25) is 0 Å². The van der Waals surface area contributed by atoms with Crippen LogP contribution in [0.2, 0.25) is 5.15 Å². The zero-order valence-electron chi connectivity index (χ0n) is 9.27. The molecule has 1 aromatic heterocycles. The maximum Gasteiger partial charge on any atom is 0.152 e. The van der Waals surface area contributed by atoms with Gasteiger partial charge in [0.05, 0.1) is 24.2 Å². The zero-order chi connectivity index (χ0) is 12.4. The van der Waals surface area contributed by atoms with Gasteiger partial charge in [-0.25, -0.2) is 4.98 Å². The molecule has 88 valence electrons. The summed E-state index contributed by atoms with van der Waals surface area (Å²) in [6.07, 6.45) is 0. The molecule has 0 fully saturated rings. The molecular formula is C12H12ClN3O. The molecule has 5 heteroatoms. The van der Waals surface area contributed by atoms with E-state index in [2.05, 4.69) is 4.98 Å². The van der Waals surface area contributed by atoms with Crippen LogP contribution in [-0.4, -0.2) is 12.1 Å². The highest BCUT2D eigenvalue weighted by atomic mass is 35.5. The third-order valence-electron chi connectivity index (χ3n) is 2.40. The maximum absolute atomic E-state index is 5.88. The molecular weight excluding hydrogens is 238 g/mol. The van der Waals surface area contributed by atoms with Crippen LogP contribution in [0.3, 0.4) is 0 Å². The van der Waals surface area contributed by atoms with Crippen molar-refractivity contribution >= 4 is 23.0 Å². The van der Waals surface area contributed by atoms with E-state index in [1.807, 2.05) is 24.3 Å². The first-order chi connectivity index (χ1) is 8.11. The number of hydrogen-bond donors (Lipinski definition) is 2. The number of pyridine rings is 1. The van der Waals surface area contributed by atoms with E-state index < -0.39 is 0 Å².